The predicted octanol–water partition coefficient (Wildman–Crippen LogP) is 0.846. The number of aliphatic hydroxyl groups is 1. The van der Waals surface area contributed by atoms with Gasteiger partial charge in [0.2, 0.25) is 0 Å². The van der Waals surface area contributed by atoms with Crippen molar-refractivity contribution >= 4 is 17.9 Å². The number of ether oxygens (including phenoxy) is 1. The number of hydrogen-bond acceptors (Lipinski definition) is 5. The molecule has 1 unspecified atom stereocenters. The molecule has 1 atom stereocenters. The van der Waals surface area contributed by atoms with Gasteiger partial charge in [-0.05, 0) is 13.8 Å². The minimum atomic E-state index is -2.63. The van der Waals surface area contributed by atoms with Crippen molar-refractivity contribution in [3.05, 3.63) is 6.42 Å². The van der Waals surface area contributed by atoms with Crippen molar-refractivity contribution in [2.45, 2.75) is 52.2 Å². The molecule has 1 radical (unpaired) electrons. The van der Waals surface area contributed by atoms with Gasteiger partial charge in [0.1, 0.15) is 0 Å². The van der Waals surface area contributed by atoms with E-state index >= 15 is 0 Å². The Morgan fingerprint density at radius 3 is 1.80 bits per heavy atom. The Hall–Kier alpha value is -0.526. The Morgan fingerprint density at radius 1 is 1.15 bits per heavy atom. The van der Waals surface area contributed by atoms with Crippen molar-refractivity contribution in [2.75, 3.05) is 0 Å². The fourth-order valence-corrected chi connectivity index (χ4v) is 1.01. The molecule has 3 N–H and O–H groups in total. The summed E-state index contributed by atoms with van der Waals surface area (Å²) in [5.41, 5.74) is -2.63. The number of carboxylic acids is 2. The molecule has 0 saturated heterocycles. The van der Waals surface area contributed by atoms with Crippen molar-refractivity contribution in [1.82, 2.24) is 0 Å². The van der Waals surface area contributed by atoms with E-state index in [0.717, 1.165) is 0 Å². The molecule has 0 aliphatic heterocycles. The van der Waals surface area contributed by atoms with E-state index in [0.29, 0.717) is 0 Å². The van der Waals surface area contributed by atoms with Crippen LogP contribution in [0.15, 0.2) is 0 Å². The Balaban J connectivity index is -0.000000657. The molecular weight excluding hydrogens is 345 g/mol. The summed E-state index contributed by atoms with van der Waals surface area (Å²) in [4.78, 5) is 32.1. The van der Waals surface area contributed by atoms with Gasteiger partial charge in [0.05, 0.1) is 18.9 Å². The van der Waals surface area contributed by atoms with Crippen LogP contribution in [0.25, 0.3) is 0 Å². The van der Waals surface area contributed by atoms with E-state index in [2.05, 4.69) is 4.74 Å². The molecule has 8 heteroatoms. The first-order valence-corrected chi connectivity index (χ1v) is 5.70. The summed E-state index contributed by atoms with van der Waals surface area (Å²) in [6.45, 7) is 7.10. The summed E-state index contributed by atoms with van der Waals surface area (Å²) < 4.78 is 4.62. The molecule has 20 heavy (non-hydrogen) atoms. The Bertz CT molecular complexity index is 317. The number of carbonyl (C=O) groups is 3. The minimum Gasteiger partial charge on any atom is -0.481 e. The maximum atomic E-state index is 11.1. The van der Waals surface area contributed by atoms with Gasteiger partial charge < -0.3 is 26.5 Å². The maximum Gasteiger partial charge on any atom is 0.336 e. The molecule has 0 amide bonds. The molecular formula is C12H21O7Y-. The molecule has 0 aromatic heterocycles. The molecule has 0 spiro atoms. The standard InChI is InChI=1S/C9H14O7.C3H7.Y/c1-5(2)16-7(12)4-9(15,8(13)14)3-6(10)11;1-3-2;/h5,15H,3-4H2,1-2H3,(H,10,11)(H,13,14);3H,1-2H3;/q;-1;. The van der Waals surface area contributed by atoms with Crippen LogP contribution in [0.1, 0.15) is 40.5 Å². The average molecular weight is 366 g/mol. The molecule has 7 nitrogen and oxygen atoms in total. The zero-order valence-electron chi connectivity index (χ0n) is 12.1. The number of rotatable bonds is 6. The van der Waals surface area contributed by atoms with Crippen molar-refractivity contribution in [3.8, 4) is 0 Å². The van der Waals surface area contributed by atoms with Crippen LogP contribution >= 0.6 is 0 Å². The summed E-state index contributed by atoms with van der Waals surface area (Å²) in [7, 11) is 0. The summed E-state index contributed by atoms with van der Waals surface area (Å²) in [6, 6.07) is 0. The molecule has 0 aliphatic carbocycles. The van der Waals surface area contributed by atoms with Crippen molar-refractivity contribution in [1.29, 1.82) is 0 Å². The van der Waals surface area contributed by atoms with Gasteiger partial charge in [0, 0.05) is 32.7 Å². The SMILES string of the molecule is CC(C)OC(=O)CC(O)(CC(=O)O)C(=O)O.C[CH-]C.[Y]. The van der Waals surface area contributed by atoms with Crippen LogP contribution in [0.2, 0.25) is 0 Å². The summed E-state index contributed by atoms with van der Waals surface area (Å²) in [5.74, 6) is -4.24. The Labute approximate surface area is 143 Å². The summed E-state index contributed by atoms with van der Waals surface area (Å²) >= 11 is 0. The van der Waals surface area contributed by atoms with Crippen molar-refractivity contribution < 1.29 is 67.1 Å². The van der Waals surface area contributed by atoms with Crippen molar-refractivity contribution in [3.63, 3.8) is 0 Å². The number of esters is 1. The van der Waals surface area contributed by atoms with Gasteiger partial charge in [-0.3, -0.25) is 9.59 Å². The van der Waals surface area contributed by atoms with E-state index in [1.807, 2.05) is 20.3 Å². The van der Waals surface area contributed by atoms with Crippen molar-refractivity contribution in [2.24, 2.45) is 0 Å². The first-order chi connectivity index (χ1) is 8.58. The summed E-state index contributed by atoms with van der Waals surface area (Å²) in [5, 5.41) is 26.5. The van der Waals surface area contributed by atoms with Gasteiger partial charge in [-0.25, -0.2) is 4.79 Å². The van der Waals surface area contributed by atoms with E-state index in [9.17, 15) is 19.5 Å². The third kappa shape index (κ3) is 12.5. The maximum absolute atomic E-state index is 11.1. The first kappa shape index (κ1) is 24.5. The zero-order chi connectivity index (χ0) is 15.6. The molecule has 0 fully saturated rings. The van der Waals surface area contributed by atoms with Gasteiger partial charge >= 0.3 is 17.9 Å². The average Bonchev–Trinajstić information content (AvgIpc) is 2.14. The number of carboxylic acid groups (broad SMARTS) is 2. The smallest absolute Gasteiger partial charge is 0.336 e. The van der Waals surface area contributed by atoms with Gasteiger partial charge in [-0.15, -0.1) is 0 Å². The minimum absolute atomic E-state index is 0. The molecule has 0 saturated carbocycles. The second-order valence-electron chi connectivity index (χ2n) is 4.20. The number of hydrogen-bond donors (Lipinski definition) is 3. The first-order valence-electron chi connectivity index (χ1n) is 5.70. The molecule has 0 heterocycles. The van der Waals surface area contributed by atoms with Gasteiger partial charge in [0.15, 0.2) is 5.60 Å². The second-order valence-corrected chi connectivity index (χ2v) is 4.20. The fraction of sp³-hybridized carbons (Fsp3) is 0.667. The van der Waals surface area contributed by atoms with E-state index < -0.39 is 42.5 Å². The molecule has 115 valence electrons. The fourth-order valence-electron chi connectivity index (χ4n) is 1.01. The molecule has 0 aromatic carbocycles. The Morgan fingerprint density at radius 2 is 1.55 bits per heavy atom. The van der Waals surface area contributed by atoms with Crippen LogP contribution in [0.5, 0.6) is 0 Å². The third-order valence-corrected chi connectivity index (χ3v) is 1.65. The topological polar surface area (TPSA) is 121 Å². The largest absolute Gasteiger partial charge is 0.481 e. The third-order valence-electron chi connectivity index (χ3n) is 1.65. The van der Waals surface area contributed by atoms with E-state index in [1.54, 1.807) is 13.8 Å². The second kappa shape index (κ2) is 12.2. The van der Waals surface area contributed by atoms with Crippen LogP contribution in [-0.2, 0) is 51.8 Å². The van der Waals surface area contributed by atoms with Crippen LogP contribution in [0.4, 0.5) is 0 Å². The normalized spacial score (nSPS) is 12.3. The van der Waals surface area contributed by atoms with Crippen LogP contribution in [-0.4, -0.2) is 44.9 Å². The van der Waals surface area contributed by atoms with Gasteiger partial charge in [-0.2, -0.15) is 13.8 Å². The monoisotopic (exact) mass is 366 g/mol. The number of aliphatic carboxylic acids is 2. The van der Waals surface area contributed by atoms with E-state index in [1.165, 1.54) is 0 Å². The van der Waals surface area contributed by atoms with Crippen LogP contribution < -0.4 is 0 Å². The summed E-state index contributed by atoms with van der Waals surface area (Å²) in [6.07, 6.45) is -0.419. The number of carbonyl (C=O) groups excluding carboxylic acids is 1. The molecule has 0 rings (SSSR count). The Kier molecular flexibility index (Phi) is 15.0. The van der Waals surface area contributed by atoms with Crippen LogP contribution in [0.3, 0.4) is 0 Å². The molecule has 0 bridgehead atoms. The van der Waals surface area contributed by atoms with Crippen LogP contribution in [0, 0.1) is 6.42 Å². The van der Waals surface area contributed by atoms with E-state index in [4.69, 9.17) is 10.2 Å². The van der Waals surface area contributed by atoms with Gasteiger partial charge in [0.25, 0.3) is 0 Å². The molecule has 0 aromatic rings. The van der Waals surface area contributed by atoms with Gasteiger partial charge in [-0.1, -0.05) is 0 Å². The van der Waals surface area contributed by atoms with E-state index in [-0.39, 0.29) is 32.7 Å². The zero-order valence-corrected chi connectivity index (χ0v) is 15.0. The quantitative estimate of drug-likeness (QED) is 0.471. The molecule has 0 aliphatic rings. The predicted molar refractivity (Wildman–Crippen MR) is 66.3 cm³/mol.